The zero-order chi connectivity index (χ0) is 21.3. The number of aryl methyl sites for hydroxylation is 1. The van der Waals surface area contributed by atoms with Crippen LogP contribution in [-0.2, 0) is 17.8 Å². The Hall–Kier alpha value is -2.61. The van der Waals surface area contributed by atoms with Gasteiger partial charge in [0.25, 0.3) is 0 Å². The van der Waals surface area contributed by atoms with Crippen LogP contribution in [-0.4, -0.2) is 44.0 Å². The summed E-state index contributed by atoms with van der Waals surface area (Å²) in [5.74, 6) is 1.78. The van der Waals surface area contributed by atoms with Crippen LogP contribution in [0, 0.1) is 0 Å². The fraction of sp³-hybridized carbons (Fsp3) is 0.455. The summed E-state index contributed by atoms with van der Waals surface area (Å²) in [5.41, 5.74) is 2.06. The summed E-state index contributed by atoms with van der Waals surface area (Å²) in [6.45, 7) is 7.34. The van der Waals surface area contributed by atoms with Crippen LogP contribution in [0.4, 0.5) is 5.82 Å². The molecule has 0 aliphatic heterocycles. The number of nitrogens with zero attached hydrogens (tertiary/aromatic N) is 4. The van der Waals surface area contributed by atoms with Gasteiger partial charge >= 0.3 is 0 Å². The van der Waals surface area contributed by atoms with Crippen LogP contribution in [0.25, 0.3) is 11.0 Å². The third-order valence-corrected chi connectivity index (χ3v) is 5.26. The Morgan fingerprint density at radius 3 is 2.73 bits per heavy atom. The maximum Gasteiger partial charge on any atom is 0.220 e. The fourth-order valence-electron chi connectivity index (χ4n) is 3.16. The molecule has 30 heavy (non-hydrogen) atoms. The Balaban J connectivity index is 1.56. The van der Waals surface area contributed by atoms with E-state index in [0.29, 0.717) is 19.5 Å². The fourth-order valence-corrected chi connectivity index (χ4v) is 3.73. The van der Waals surface area contributed by atoms with Gasteiger partial charge < -0.3 is 10.6 Å². The van der Waals surface area contributed by atoms with Crippen molar-refractivity contribution in [2.75, 3.05) is 17.6 Å². The predicted octanol–water partition coefficient (Wildman–Crippen LogP) is 3.90. The molecular formula is C22H30N6OS. The number of aromatic nitrogens is 4. The van der Waals surface area contributed by atoms with Gasteiger partial charge in [-0.05, 0) is 38.0 Å². The van der Waals surface area contributed by atoms with Crippen LogP contribution < -0.4 is 10.6 Å². The summed E-state index contributed by atoms with van der Waals surface area (Å²) in [5, 5.41) is 12.5. The second kappa shape index (κ2) is 11.0. The number of thioether (sulfide) groups is 1. The largest absolute Gasteiger partial charge is 0.367 e. The topological polar surface area (TPSA) is 84.7 Å². The van der Waals surface area contributed by atoms with Gasteiger partial charge in [0, 0.05) is 19.0 Å². The average Bonchev–Trinajstić information content (AvgIpc) is 3.12. The normalized spacial score (nSPS) is 11.2. The molecule has 2 N–H and O–H groups in total. The summed E-state index contributed by atoms with van der Waals surface area (Å²) in [4.78, 5) is 21.5. The Labute approximate surface area is 182 Å². The zero-order valence-corrected chi connectivity index (χ0v) is 18.7. The van der Waals surface area contributed by atoms with Gasteiger partial charge in [0.15, 0.2) is 10.8 Å². The van der Waals surface area contributed by atoms with Crippen molar-refractivity contribution in [3.8, 4) is 0 Å². The molecule has 0 aliphatic rings. The number of carbonyl (C=O) groups excluding carboxylic acids is 1. The van der Waals surface area contributed by atoms with Crippen molar-refractivity contribution < 1.29 is 4.79 Å². The lowest BCUT2D eigenvalue weighted by molar-refractivity contribution is -0.121. The van der Waals surface area contributed by atoms with Crippen LogP contribution >= 0.6 is 11.8 Å². The first-order valence-corrected chi connectivity index (χ1v) is 11.5. The highest BCUT2D eigenvalue weighted by atomic mass is 32.2. The first kappa shape index (κ1) is 22.1. The van der Waals surface area contributed by atoms with E-state index < -0.39 is 0 Å². The Kier molecular flexibility index (Phi) is 8.07. The SMILES string of the molecule is CCSc1nc(NC(C)C)c2cnn(CCNC(=O)CCCc3ccccc3)c2n1. The van der Waals surface area contributed by atoms with Crippen molar-refractivity contribution >= 4 is 34.5 Å². The number of benzene rings is 1. The molecule has 7 nitrogen and oxygen atoms in total. The first-order chi connectivity index (χ1) is 14.6. The number of hydrogen-bond acceptors (Lipinski definition) is 6. The summed E-state index contributed by atoms with van der Waals surface area (Å²) in [6.07, 6.45) is 4.08. The molecule has 0 saturated heterocycles. The smallest absolute Gasteiger partial charge is 0.220 e. The van der Waals surface area contributed by atoms with Gasteiger partial charge in [-0.15, -0.1) is 0 Å². The molecule has 3 rings (SSSR count). The lowest BCUT2D eigenvalue weighted by atomic mass is 10.1. The highest BCUT2D eigenvalue weighted by Crippen LogP contribution is 2.24. The summed E-state index contributed by atoms with van der Waals surface area (Å²) >= 11 is 1.61. The minimum Gasteiger partial charge on any atom is -0.367 e. The van der Waals surface area contributed by atoms with Crippen molar-refractivity contribution in [2.24, 2.45) is 0 Å². The lowest BCUT2D eigenvalue weighted by Gasteiger charge is -2.11. The summed E-state index contributed by atoms with van der Waals surface area (Å²) in [7, 11) is 0. The van der Waals surface area contributed by atoms with Gasteiger partial charge in [-0.25, -0.2) is 14.6 Å². The summed E-state index contributed by atoms with van der Waals surface area (Å²) in [6, 6.07) is 10.5. The maximum absolute atomic E-state index is 12.2. The van der Waals surface area contributed by atoms with Crippen molar-refractivity contribution in [2.45, 2.75) is 57.8 Å². The van der Waals surface area contributed by atoms with E-state index in [2.05, 4.69) is 58.6 Å². The van der Waals surface area contributed by atoms with E-state index in [0.717, 1.165) is 40.6 Å². The van der Waals surface area contributed by atoms with Crippen LogP contribution in [0.15, 0.2) is 41.7 Å². The molecule has 0 bridgehead atoms. The highest BCUT2D eigenvalue weighted by molar-refractivity contribution is 7.99. The van der Waals surface area contributed by atoms with Crippen LogP contribution in [0.5, 0.6) is 0 Å². The molecule has 2 heterocycles. The van der Waals surface area contributed by atoms with Gasteiger partial charge in [-0.3, -0.25) is 4.79 Å². The second-order valence-electron chi connectivity index (χ2n) is 7.38. The van der Waals surface area contributed by atoms with Crippen LogP contribution in [0.2, 0.25) is 0 Å². The van der Waals surface area contributed by atoms with Crippen LogP contribution in [0.3, 0.4) is 0 Å². The molecule has 0 spiro atoms. The Morgan fingerprint density at radius 2 is 2.00 bits per heavy atom. The molecule has 1 amide bonds. The highest BCUT2D eigenvalue weighted by Gasteiger charge is 2.14. The Bertz CT molecular complexity index is 957. The third kappa shape index (κ3) is 6.19. The van der Waals surface area contributed by atoms with E-state index in [-0.39, 0.29) is 11.9 Å². The molecule has 8 heteroatoms. The van der Waals surface area contributed by atoms with Gasteiger partial charge in [-0.1, -0.05) is 49.0 Å². The third-order valence-electron chi connectivity index (χ3n) is 4.53. The standard InChI is InChI=1S/C22H30N6OS/c1-4-30-22-26-20(25-16(2)3)18-15-24-28(21(18)27-22)14-13-23-19(29)12-8-11-17-9-6-5-7-10-17/h5-7,9-10,15-16H,4,8,11-14H2,1-3H3,(H,23,29)(H,25,26,27). The van der Waals surface area contributed by atoms with Crippen LogP contribution in [0.1, 0.15) is 39.2 Å². The van der Waals surface area contributed by atoms with E-state index in [4.69, 9.17) is 0 Å². The molecule has 2 aromatic heterocycles. The molecule has 0 saturated carbocycles. The average molecular weight is 427 g/mol. The number of rotatable bonds is 11. The molecule has 0 aliphatic carbocycles. The summed E-state index contributed by atoms with van der Waals surface area (Å²) < 4.78 is 1.84. The zero-order valence-electron chi connectivity index (χ0n) is 17.9. The van der Waals surface area contributed by atoms with E-state index in [1.807, 2.05) is 22.9 Å². The number of anilines is 1. The van der Waals surface area contributed by atoms with E-state index in [1.165, 1.54) is 5.56 Å². The van der Waals surface area contributed by atoms with Crippen molar-refractivity contribution in [1.82, 2.24) is 25.1 Å². The van der Waals surface area contributed by atoms with Gasteiger partial charge in [0.05, 0.1) is 18.1 Å². The minimum atomic E-state index is 0.0707. The molecular weight excluding hydrogens is 396 g/mol. The van der Waals surface area contributed by atoms with E-state index in [1.54, 1.807) is 18.0 Å². The van der Waals surface area contributed by atoms with Gasteiger partial charge in [-0.2, -0.15) is 5.10 Å². The van der Waals surface area contributed by atoms with Gasteiger partial charge in [0.2, 0.25) is 5.91 Å². The van der Waals surface area contributed by atoms with E-state index >= 15 is 0 Å². The van der Waals surface area contributed by atoms with Crippen molar-refractivity contribution in [3.63, 3.8) is 0 Å². The molecule has 0 unspecified atom stereocenters. The molecule has 3 aromatic rings. The first-order valence-electron chi connectivity index (χ1n) is 10.5. The van der Waals surface area contributed by atoms with E-state index in [9.17, 15) is 4.79 Å². The monoisotopic (exact) mass is 426 g/mol. The number of carbonyl (C=O) groups is 1. The second-order valence-corrected chi connectivity index (χ2v) is 8.61. The molecule has 0 radical (unpaired) electrons. The van der Waals surface area contributed by atoms with Crippen molar-refractivity contribution in [1.29, 1.82) is 0 Å². The number of amides is 1. The maximum atomic E-state index is 12.2. The number of nitrogens with one attached hydrogen (secondary N) is 2. The van der Waals surface area contributed by atoms with Gasteiger partial charge in [0.1, 0.15) is 5.82 Å². The lowest BCUT2D eigenvalue weighted by Crippen LogP contribution is -2.27. The quantitative estimate of drug-likeness (QED) is 0.357. The molecule has 1 aromatic carbocycles. The minimum absolute atomic E-state index is 0.0707. The Morgan fingerprint density at radius 1 is 1.20 bits per heavy atom. The molecule has 160 valence electrons. The number of hydrogen-bond donors (Lipinski definition) is 2. The molecule has 0 fully saturated rings. The van der Waals surface area contributed by atoms with Crippen molar-refractivity contribution in [3.05, 3.63) is 42.1 Å². The molecule has 0 atom stereocenters. The predicted molar refractivity (Wildman–Crippen MR) is 123 cm³/mol. The number of fused-ring (bicyclic) bond motifs is 1.